The number of nitrogens with zero attached hydrogens (tertiary/aromatic N) is 4. The van der Waals surface area contributed by atoms with Crippen LogP contribution in [0.15, 0.2) is 36.4 Å². The molecule has 3 aliphatic rings. The van der Waals surface area contributed by atoms with Crippen molar-refractivity contribution in [1.82, 2.24) is 20.2 Å². The van der Waals surface area contributed by atoms with E-state index in [1.54, 1.807) is 12.1 Å². The third-order valence-corrected chi connectivity index (χ3v) is 9.68. The summed E-state index contributed by atoms with van der Waals surface area (Å²) in [6.07, 6.45) is 4.00. The molecule has 7 rings (SSSR count). The Hall–Kier alpha value is -3.60. The Labute approximate surface area is 268 Å². The number of piperazine rings is 1. The molecule has 46 heavy (non-hydrogen) atoms. The van der Waals surface area contributed by atoms with Crippen LogP contribution in [0.2, 0.25) is 0 Å². The molecule has 3 saturated heterocycles. The van der Waals surface area contributed by atoms with Crippen LogP contribution >= 0.6 is 0 Å². The standard InChI is InChI=1S/C36H43F2N5O3/c1-4-23-7-5-8-24-13-28(44)14-25(32(23)24)15-29-31(37)16-30-34(33(29)38)40-36(41-35(30)43-19-26-9-10-27(20-43)39-26)45-12-6-11-42-17-21(2)46-22(3)18-42/h5,7-8,13-14,16,21-22,26-27,39,44H,4,6,9-12,15,17-20H2,1-3H3/t21-,22+,26?,27?. The van der Waals surface area contributed by atoms with E-state index in [0.717, 1.165) is 61.7 Å². The molecule has 2 bridgehead atoms. The second-order valence-corrected chi connectivity index (χ2v) is 13.3. The van der Waals surface area contributed by atoms with Crippen LogP contribution < -0.4 is 15.0 Å². The van der Waals surface area contributed by atoms with E-state index in [-0.39, 0.29) is 41.5 Å². The maximum atomic E-state index is 16.6. The van der Waals surface area contributed by atoms with E-state index in [2.05, 4.69) is 33.9 Å². The minimum absolute atomic E-state index is 0.0285. The summed E-state index contributed by atoms with van der Waals surface area (Å²) in [5.41, 5.74) is 1.69. The monoisotopic (exact) mass is 631 g/mol. The minimum Gasteiger partial charge on any atom is -0.508 e. The molecule has 0 amide bonds. The summed E-state index contributed by atoms with van der Waals surface area (Å²) < 4.78 is 44.5. The summed E-state index contributed by atoms with van der Waals surface area (Å²) in [5.74, 6) is -0.800. The van der Waals surface area contributed by atoms with Crippen LogP contribution in [0.5, 0.6) is 11.8 Å². The van der Waals surface area contributed by atoms with Crippen LogP contribution in [0.1, 0.15) is 56.7 Å². The van der Waals surface area contributed by atoms with Crippen LogP contribution in [0.4, 0.5) is 14.6 Å². The lowest BCUT2D eigenvalue weighted by molar-refractivity contribution is -0.0686. The number of halogens is 2. The van der Waals surface area contributed by atoms with Gasteiger partial charge in [-0.25, -0.2) is 8.78 Å². The van der Waals surface area contributed by atoms with Gasteiger partial charge < -0.3 is 24.8 Å². The molecule has 2 unspecified atom stereocenters. The zero-order chi connectivity index (χ0) is 31.9. The van der Waals surface area contributed by atoms with Crippen molar-refractivity contribution in [3.05, 3.63) is 64.7 Å². The van der Waals surface area contributed by atoms with Crippen LogP contribution in [-0.2, 0) is 17.6 Å². The molecular weight excluding hydrogens is 588 g/mol. The van der Waals surface area contributed by atoms with E-state index >= 15 is 8.78 Å². The third kappa shape index (κ3) is 6.22. The summed E-state index contributed by atoms with van der Waals surface area (Å²) in [6, 6.07) is 11.3. The van der Waals surface area contributed by atoms with Crippen molar-refractivity contribution in [2.24, 2.45) is 0 Å². The van der Waals surface area contributed by atoms with Crippen molar-refractivity contribution < 1.29 is 23.4 Å². The lowest BCUT2D eigenvalue weighted by Crippen LogP contribution is -2.51. The second kappa shape index (κ2) is 12.9. The highest BCUT2D eigenvalue weighted by Crippen LogP contribution is 2.36. The molecule has 0 radical (unpaired) electrons. The van der Waals surface area contributed by atoms with Crippen LogP contribution in [0.3, 0.4) is 0 Å². The first-order chi connectivity index (χ1) is 22.2. The Morgan fingerprint density at radius 1 is 1.00 bits per heavy atom. The van der Waals surface area contributed by atoms with Gasteiger partial charge in [0.25, 0.3) is 0 Å². The number of hydrogen-bond acceptors (Lipinski definition) is 8. The number of aryl methyl sites for hydroxylation is 1. The maximum absolute atomic E-state index is 16.6. The first-order valence-electron chi connectivity index (χ1n) is 16.7. The number of benzene rings is 3. The molecule has 2 N–H and O–H groups in total. The van der Waals surface area contributed by atoms with Crippen molar-refractivity contribution in [2.45, 2.75) is 77.2 Å². The van der Waals surface area contributed by atoms with Gasteiger partial charge in [-0.3, -0.25) is 4.90 Å². The van der Waals surface area contributed by atoms with E-state index < -0.39 is 11.6 Å². The van der Waals surface area contributed by atoms with Crippen molar-refractivity contribution in [3.8, 4) is 11.8 Å². The Kier molecular flexibility index (Phi) is 8.69. The molecular formula is C36H43F2N5O3. The highest BCUT2D eigenvalue weighted by Gasteiger charge is 2.34. The molecule has 4 atom stereocenters. The average molecular weight is 632 g/mol. The second-order valence-electron chi connectivity index (χ2n) is 13.3. The highest BCUT2D eigenvalue weighted by atomic mass is 19.1. The van der Waals surface area contributed by atoms with Crippen LogP contribution in [-0.4, -0.2) is 83.6 Å². The quantitative estimate of drug-likeness (QED) is 0.227. The fourth-order valence-electron chi connectivity index (χ4n) is 7.76. The molecule has 4 aromatic rings. The largest absolute Gasteiger partial charge is 0.508 e. The van der Waals surface area contributed by atoms with Gasteiger partial charge in [-0.1, -0.05) is 25.1 Å². The number of fused-ring (bicyclic) bond motifs is 4. The number of aromatic nitrogens is 2. The Morgan fingerprint density at radius 3 is 2.50 bits per heavy atom. The summed E-state index contributed by atoms with van der Waals surface area (Å²) >= 11 is 0. The number of morpholine rings is 1. The molecule has 0 spiro atoms. The third-order valence-electron chi connectivity index (χ3n) is 9.68. The van der Waals surface area contributed by atoms with Crippen molar-refractivity contribution in [1.29, 1.82) is 0 Å². The Morgan fingerprint density at radius 2 is 1.76 bits per heavy atom. The maximum Gasteiger partial charge on any atom is 0.319 e. The lowest BCUT2D eigenvalue weighted by Gasteiger charge is -2.35. The number of ether oxygens (including phenoxy) is 2. The van der Waals surface area contributed by atoms with Gasteiger partial charge in [0.2, 0.25) is 0 Å². The molecule has 3 aromatic carbocycles. The van der Waals surface area contributed by atoms with Gasteiger partial charge in [0.1, 0.15) is 22.9 Å². The van der Waals surface area contributed by atoms with E-state index in [1.165, 1.54) is 6.07 Å². The molecule has 10 heteroatoms. The summed E-state index contributed by atoms with van der Waals surface area (Å²) in [5, 5.41) is 16.2. The van der Waals surface area contributed by atoms with Gasteiger partial charge in [-0.05, 0) is 79.6 Å². The van der Waals surface area contributed by atoms with Crippen molar-refractivity contribution in [2.75, 3.05) is 44.2 Å². The van der Waals surface area contributed by atoms with Gasteiger partial charge in [0, 0.05) is 62.2 Å². The smallest absolute Gasteiger partial charge is 0.319 e. The zero-order valence-corrected chi connectivity index (χ0v) is 26.9. The van der Waals surface area contributed by atoms with Crippen molar-refractivity contribution >= 4 is 27.5 Å². The van der Waals surface area contributed by atoms with Crippen molar-refractivity contribution in [3.63, 3.8) is 0 Å². The van der Waals surface area contributed by atoms with E-state index in [9.17, 15) is 5.11 Å². The lowest BCUT2D eigenvalue weighted by atomic mass is 9.93. The number of aromatic hydroxyl groups is 1. The predicted molar refractivity (Wildman–Crippen MR) is 176 cm³/mol. The van der Waals surface area contributed by atoms with Gasteiger partial charge in [-0.2, -0.15) is 9.97 Å². The van der Waals surface area contributed by atoms with Gasteiger partial charge in [0.15, 0.2) is 5.82 Å². The number of anilines is 1. The summed E-state index contributed by atoms with van der Waals surface area (Å²) in [7, 11) is 0. The molecule has 0 aliphatic carbocycles. The summed E-state index contributed by atoms with van der Waals surface area (Å²) in [4.78, 5) is 13.8. The molecule has 4 heterocycles. The number of phenolic OH excluding ortho intramolecular Hbond substituents is 1. The number of nitrogens with one attached hydrogen (secondary N) is 1. The molecule has 3 fully saturated rings. The van der Waals surface area contributed by atoms with E-state index in [1.807, 2.05) is 25.1 Å². The number of phenols is 1. The fourth-order valence-corrected chi connectivity index (χ4v) is 7.76. The molecule has 244 valence electrons. The Balaban J connectivity index is 1.23. The molecule has 1 aromatic heterocycles. The topological polar surface area (TPSA) is 83.0 Å². The predicted octanol–water partition coefficient (Wildman–Crippen LogP) is 5.74. The van der Waals surface area contributed by atoms with Gasteiger partial charge >= 0.3 is 6.01 Å². The van der Waals surface area contributed by atoms with E-state index in [0.29, 0.717) is 48.5 Å². The Bertz CT molecular complexity index is 1730. The van der Waals surface area contributed by atoms with Crippen LogP contribution in [0.25, 0.3) is 21.7 Å². The minimum atomic E-state index is -0.719. The molecule has 8 nitrogen and oxygen atoms in total. The fraction of sp³-hybridized carbons (Fsp3) is 0.500. The van der Waals surface area contributed by atoms with E-state index in [4.69, 9.17) is 14.5 Å². The van der Waals surface area contributed by atoms with Gasteiger partial charge in [0.05, 0.1) is 18.8 Å². The normalized spacial score (nSPS) is 23.5. The first kappa shape index (κ1) is 31.0. The molecule has 0 saturated carbocycles. The highest BCUT2D eigenvalue weighted by molar-refractivity contribution is 5.92. The van der Waals surface area contributed by atoms with Gasteiger partial charge in [-0.15, -0.1) is 0 Å². The zero-order valence-electron chi connectivity index (χ0n) is 26.9. The average Bonchev–Trinajstić information content (AvgIpc) is 3.37. The number of rotatable bonds is 9. The SMILES string of the molecule is CCc1cccc2cc(O)cc(Cc3c(F)cc4c(N5CC6CCC(C5)N6)nc(OCCCN5C[C@@H](C)O[C@@H](C)C5)nc4c3F)c12. The first-order valence-corrected chi connectivity index (χ1v) is 16.7. The van der Waals surface area contributed by atoms with Crippen LogP contribution in [0, 0.1) is 11.6 Å². The molecule has 3 aliphatic heterocycles. The number of hydrogen-bond donors (Lipinski definition) is 2. The summed E-state index contributed by atoms with van der Waals surface area (Å²) in [6.45, 7) is 10.6.